The monoisotopic (exact) mass is 526 g/mol. The number of thiophene rings is 1. The molecule has 3 aromatic rings. The van der Waals surface area contributed by atoms with Crippen LogP contribution in [0, 0.1) is 11.3 Å². The summed E-state index contributed by atoms with van der Waals surface area (Å²) in [6, 6.07) is 14.1. The number of hydrogen-bond donors (Lipinski definition) is 2. The standard InChI is InChI=1S/C24H22N4O6S2/c1-33-17-6-8-18(9-7-17)36(31,32)27-16-5-3-4-15(12-16)22(29)26-23-20(13-25)19-10-11-28(24(30)34-2)14-21(19)35-23/h3-9,12,27H,10-11,14H2,1-2H3,(H,26,29). The molecule has 2 heterocycles. The Kier molecular flexibility index (Phi) is 7.14. The summed E-state index contributed by atoms with van der Waals surface area (Å²) in [6.07, 6.45) is 0.0227. The number of rotatable bonds is 6. The first-order chi connectivity index (χ1) is 17.2. The number of carbonyl (C=O) groups excluding carboxylic acids is 2. The van der Waals surface area contributed by atoms with E-state index in [9.17, 15) is 23.3 Å². The van der Waals surface area contributed by atoms with Crippen LogP contribution in [0.25, 0.3) is 0 Å². The Morgan fingerprint density at radius 1 is 1.14 bits per heavy atom. The molecule has 0 atom stereocenters. The lowest BCUT2D eigenvalue weighted by Crippen LogP contribution is -2.35. The first-order valence-electron chi connectivity index (χ1n) is 10.7. The number of sulfonamides is 1. The van der Waals surface area contributed by atoms with Crippen LogP contribution in [0.3, 0.4) is 0 Å². The number of fused-ring (bicyclic) bond motifs is 1. The summed E-state index contributed by atoms with van der Waals surface area (Å²) in [7, 11) is -1.09. The van der Waals surface area contributed by atoms with Crippen LogP contribution in [0.2, 0.25) is 0 Å². The Balaban J connectivity index is 1.52. The van der Waals surface area contributed by atoms with E-state index in [2.05, 4.69) is 16.1 Å². The molecule has 10 nitrogen and oxygen atoms in total. The molecule has 0 saturated carbocycles. The number of nitriles is 1. The van der Waals surface area contributed by atoms with Crippen molar-refractivity contribution in [3.8, 4) is 11.8 Å². The Morgan fingerprint density at radius 3 is 2.56 bits per heavy atom. The van der Waals surface area contributed by atoms with Gasteiger partial charge >= 0.3 is 6.09 Å². The third kappa shape index (κ3) is 5.12. The van der Waals surface area contributed by atoms with Gasteiger partial charge in [-0.25, -0.2) is 13.2 Å². The maximum atomic E-state index is 13.0. The lowest BCUT2D eigenvalue weighted by atomic mass is 10.0. The average Bonchev–Trinajstić information content (AvgIpc) is 3.24. The second-order valence-electron chi connectivity index (χ2n) is 7.78. The number of ether oxygens (including phenoxy) is 2. The van der Waals surface area contributed by atoms with Crippen molar-refractivity contribution in [2.45, 2.75) is 17.9 Å². The van der Waals surface area contributed by atoms with Crippen LogP contribution in [-0.2, 0) is 27.7 Å². The van der Waals surface area contributed by atoms with Gasteiger partial charge in [0, 0.05) is 22.7 Å². The second-order valence-corrected chi connectivity index (χ2v) is 10.6. The fourth-order valence-corrected chi connectivity index (χ4v) is 6.02. The molecule has 0 aliphatic carbocycles. The van der Waals surface area contributed by atoms with Crippen LogP contribution in [0.1, 0.15) is 26.4 Å². The fraction of sp³-hybridized carbons (Fsp3) is 0.208. The minimum absolute atomic E-state index is 0.0435. The highest BCUT2D eigenvalue weighted by molar-refractivity contribution is 7.92. The highest BCUT2D eigenvalue weighted by atomic mass is 32.2. The van der Waals surface area contributed by atoms with Crippen LogP contribution < -0.4 is 14.8 Å². The zero-order valence-corrected chi connectivity index (χ0v) is 21.0. The van der Waals surface area contributed by atoms with Crippen molar-refractivity contribution in [3.05, 3.63) is 70.1 Å². The Bertz CT molecular complexity index is 1460. The molecule has 1 aliphatic rings. The normalized spacial score (nSPS) is 12.8. The van der Waals surface area contributed by atoms with E-state index in [4.69, 9.17) is 9.47 Å². The quantitative estimate of drug-likeness (QED) is 0.498. The highest BCUT2D eigenvalue weighted by Crippen LogP contribution is 2.37. The van der Waals surface area contributed by atoms with Crippen molar-refractivity contribution in [1.82, 2.24) is 4.90 Å². The van der Waals surface area contributed by atoms with E-state index in [0.29, 0.717) is 35.8 Å². The molecule has 1 aromatic heterocycles. The van der Waals surface area contributed by atoms with Gasteiger partial charge in [-0.2, -0.15) is 5.26 Å². The van der Waals surface area contributed by atoms with Gasteiger partial charge < -0.3 is 19.7 Å². The van der Waals surface area contributed by atoms with Gasteiger partial charge in [0.1, 0.15) is 16.8 Å². The van der Waals surface area contributed by atoms with Crippen LogP contribution in [0.15, 0.2) is 53.4 Å². The lowest BCUT2D eigenvalue weighted by molar-refractivity contribution is 0.102. The average molecular weight is 527 g/mol. The molecule has 2 aromatic carbocycles. The lowest BCUT2D eigenvalue weighted by Gasteiger charge is -2.25. The number of nitrogens with one attached hydrogen (secondary N) is 2. The molecule has 36 heavy (non-hydrogen) atoms. The minimum atomic E-state index is -3.89. The summed E-state index contributed by atoms with van der Waals surface area (Å²) in [5.74, 6) is 0.0260. The molecular weight excluding hydrogens is 504 g/mol. The third-order valence-electron chi connectivity index (χ3n) is 5.58. The number of anilines is 2. The summed E-state index contributed by atoms with van der Waals surface area (Å²) in [4.78, 5) is 27.2. The third-order valence-corrected chi connectivity index (χ3v) is 8.10. The van der Waals surface area contributed by atoms with Crippen LogP contribution in [0.5, 0.6) is 5.75 Å². The largest absolute Gasteiger partial charge is 0.497 e. The van der Waals surface area contributed by atoms with Crippen LogP contribution in [-0.4, -0.2) is 46.1 Å². The van der Waals surface area contributed by atoms with Gasteiger partial charge in [0.2, 0.25) is 0 Å². The van der Waals surface area contributed by atoms with E-state index in [0.717, 1.165) is 10.4 Å². The number of methoxy groups -OCH3 is 2. The molecule has 0 unspecified atom stereocenters. The summed E-state index contributed by atoms with van der Waals surface area (Å²) in [6.45, 7) is 0.703. The van der Waals surface area contributed by atoms with Gasteiger partial charge in [0.15, 0.2) is 0 Å². The van der Waals surface area contributed by atoms with Crippen LogP contribution in [0.4, 0.5) is 15.5 Å². The maximum Gasteiger partial charge on any atom is 0.409 e. The Morgan fingerprint density at radius 2 is 1.89 bits per heavy atom. The number of hydrogen-bond acceptors (Lipinski definition) is 8. The van der Waals surface area contributed by atoms with E-state index in [1.807, 2.05) is 0 Å². The predicted octanol–water partition coefficient (Wildman–Crippen LogP) is 3.81. The van der Waals surface area contributed by atoms with E-state index in [1.165, 1.54) is 66.9 Å². The van der Waals surface area contributed by atoms with E-state index in [-0.39, 0.29) is 16.1 Å². The van der Waals surface area contributed by atoms with Crippen molar-refractivity contribution in [1.29, 1.82) is 5.26 Å². The van der Waals surface area contributed by atoms with Gasteiger partial charge in [-0.1, -0.05) is 6.07 Å². The highest BCUT2D eigenvalue weighted by Gasteiger charge is 2.28. The van der Waals surface area contributed by atoms with Crippen molar-refractivity contribution >= 4 is 44.0 Å². The number of benzene rings is 2. The van der Waals surface area contributed by atoms with Crippen molar-refractivity contribution in [2.75, 3.05) is 30.8 Å². The molecule has 0 bridgehead atoms. The van der Waals surface area contributed by atoms with Gasteiger partial charge in [-0.05, 0) is 54.4 Å². The maximum absolute atomic E-state index is 13.0. The molecule has 0 saturated heterocycles. The van der Waals surface area contributed by atoms with Crippen molar-refractivity contribution in [2.24, 2.45) is 0 Å². The van der Waals surface area contributed by atoms with Gasteiger partial charge in [-0.3, -0.25) is 9.52 Å². The smallest absolute Gasteiger partial charge is 0.409 e. The predicted molar refractivity (Wildman–Crippen MR) is 134 cm³/mol. The van der Waals surface area contributed by atoms with Gasteiger partial charge in [0.25, 0.3) is 15.9 Å². The molecule has 2 N–H and O–H groups in total. The summed E-state index contributed by atoms with van der Waals surface area (Å²) < 4.78 is 37.8. The molecule has 12 heteroatoms. The molecule has 0 radical (unpaired) electrons. The first-order valence-corrected chi connectivity index (χ1v) is 13.0. The zero-order valence-electron chi connectivity index (χ0n) is 19.4. The summed E-state index contributed by atoms with van der Waals surface area (Å²) >= 11 is 1.23. The molecule has 2 amide bonds. The Hall–Kier alpha value is -4.08. The van der Waals surface area contributed by atoms with E-state index >= 15 is 0 Å². The van der Waals surface area contributed by atoms with Crippen LogP contribution >= 0.6 is 11.3 Å². The first kappa shape index (κ1) is 25.0. The molecule has 1 aliphatic heterocycles. The zero-order chi connectivity index (χ0) is 25.9. The molecule has 0 spiro atoms. The minimum Gasteiger partial charge on any atom is -0.497 e. The van der Waals surface area contributed by atoms with Crippen molar-refractivity contribution in [3.63, 3.8) is 0 Å². The van der Waals surface area contributed by atoms with E-state index < -0.39 is 22.0 Å². The molecule has 0 fully saturated rings. The van der Waals surface area contributed by atoms with E-state index in [1.54, 1.807) is 12.1 Å². The molecule has 186 valence electrons. The summed E-state index contributed by atoms with van der Waals surface area (Å²) in [5.41, 5.74) is 1.58. The summed E-state index contributed by atoms with van der Waals surface area (Å²) in [5, 5.41) is 12.8. The number of carbonyl (C=O) groups is 2. The Labute approximate surface area is 212 Å². The fourth-order valence-electron chi connectivity index (χ4n) is 3.76. The van der Waals surface area contributed by atoms with Gasteiger partial charge in [-0.15, -0.1) is 11.3 Å². The second kappa shape index (κ2) is 10.3. The topological polar surface area (TPSA) is 138 Å². The molecular formula is C24H22N4O6S2. The van der Waals surface area contributed by atoms with Gasteiger partial charge in [0.05, 0.1) is 31.2 Å². The van der Waals surface area contributed by atoms with Crippen molar-refractivity contribution < 1.29 is 27.5 Å². The number of amides is 2. The molecule has 4 rings (SSSR count). The SMILES string of the molecule is COC(=O)N1CCc2c(sc(NC(=O)c3cccc(NS(=O)(=O)c4ccc(OC)cc4)c3)c2C#N)C1. The number of nitrogens with zero attached hydrogens (tertiary/aromatic N) is 2.